The van der Waals surface area contributed by atoms with E-state index in [4.69, 9.17) is 5.73 Å². The zero-order valence-corrected chi connectivity index (χ0v) is 11.4. The van der Waals surface area contributed by atoms with Crippen LogP contribution in [0.4, 0.5) is 5.69 Å². The zero-order chi connectivity index (χ0) is 12.3. The molecule has 1 atom stereocenters. The molecule has 0 saturated heterocycles. The quantitative estimate of drug-likeness (QED) is 0.876. The number of aryl methyl sites for hydroxylation is 1. The van der Waals surface area contributed by atoms with Gasteiger partial charge >= 0.3 is 0 Å². The van der Waals surface area contributed by atoms with E-state index >= 15 is 0 Å². The van der Waals surface area contributed by atoms with E-state index < -0.39 is 6.04 Å². The Kier molecular flexibility index (Phi) is 5.62. The van der Waals surface area contributed by atoms with E-state index in [0.717, 1.165) is 6.42 Å². The molecule has 1 unspecified atom stereocenters. The summed E-state index contributed by atoms with van der Waals surface area (Å²) in [5, 5.41) is 6.78. The fourth-order valence-electron chi connectivity index (χ4n) is 2.43. The average molecular weight is 273 g/mol. The van der Waals surface area contributed by atoms with E-state index in [1.807, 2.05) is 7.05 Å². The van der Waals surface area contributed by atoms with Gasteiger partial charge in [0.2, 0.25) is 5.91 Å². The molecule has 1 aliphatic rings. The highest BCUT2D eigenvalue weighted by molar-refractivity contribution is 5.94. The number of nitrogens with one attached hydrogen (secondary N) is 1. The Morgan fingerprint density at radius 1 is 1.61 bits per heavy atom. The Bertz CT molecular complexity index is 387. The molecule has 2 rings (SSSR count). The summed E-state index contributed by atoms with van der Waals surface area (Å²) >= 11 is 0. The van der Waals surface area contributed by atoms with Gasteiger partial charge in [-0.2, -0.15) is 5.10 Å². The number of halogens is 1. The minimum atomic E-state index is -0.404. The van der Waals surface area contributed by atoms with Crippen LogP contribution in [-0.4, -0.2) is 21.7 Å². The Labute approximate surface area is 114 Å². The van der Waals surface area contributed by atoms with Gasteiger partial charge in [0.05, 0.1) is 17.9 Å². The highest BCUT2D eigenvalue weighted by Crippen LogP contribution is 2.28. The third kappa shape index (κ3) is 3.99. The first kappa shape index (κ1) is 15.0. The van der Waals surface area contributed by atoms with Gasteiger partial charge in [0.15, 0.2) is 0 Å². The van der Waals surface area contributed by atoms with Crippen molar-refractivity contribution < 1.29 is 4.79 Å². The molecule has 102 valence electrons. The molecule has 5 nitrogen and oxygen atoms in total. The molecular formula is C12H21ClN4O. The molecule has 1 heterocycles. The van der Waals surface area contributed by atoms with E-state index in [9.17, 15) is 4.79 Å². The highest BCUT2D eigenvalue weighted by atomic mass is 35.5. The molecular weight excluding hydrogens is 252 g/mol. The Hall–Kier alpha value is -1.07. The van der Waals surface area contributed by atoms with Crippen molar-refractivity contribution in [3.8, 4) is 0 Å². The van der Waals surface area contributed by atoms with E-state index in [2.05, 4.69) is 10.4 Å². The molecule has 0 spiro atoms. The standard InChI is InChI=1S/C12H20N4O.ClH/c1-16-8-10(7-14-16)15-12(17)11(13)6-9-4-2-3-5-9;/h7-9,11H,2-6,13H2,1H3,(H,15,17);1H. The SMILES string of the molecule is Cl.Cn1cc(NC(=O)C(N)CC2CCCC2)cn1. The van der Waals surface area contributed by atoms with Gasteiger partial charge in [0, 0.05) is 13.2 Å². The van der Waals surface area contributed by atoms with Crippen LogP contribution in [0.3, 0.4) is 0 Å². The number of rotatable bonds is 4. The molecule has 0 aromatic carbocycles. The van der Waals surface area contributed by atoms with Crippen molar-refractivity contribution in [2.45, 2.75) is 38.1 Å². The number of carbonyl (C=O) groups excluding carboxylic acids is 1. The van der Waals surface area contributed by atoms with E-state index in [1.54, 1.807) is 17.1 Å². The average Bonchev–Trinajstić information content (AvgIpc) is 2.90. The van der Waals surface area contributed by atoms with Gasteiger partial charge in [-0.3, -0.25) is 9.48 Å². The second-order valence-electron chi connectivity index (χ2n) is 4.88. The molecule has 1 aromatic rings. The first-order chi connectivity index (χ1) is 8.15. The summed E-state index contributed by atoms with van der Waals surface area (Å²) in [6, 6.07) is -0.404. The maximum Gasteiger partial charge on any atom is 0.241 e. The molecule has 1 saturated carbocycles. The summed E-state index contributed by atoms with van der Waals surface area (Å²) in [6.07, 6.45) is 9.18. The first-order valence-electron chi connectivity index (χ1n) is 6.20. The van der Waals surface area contributed by atoms with Gasteiger partial charge in [-0.1, -0.05) is 25.7 Å². The van der Waals surface area contributed by atoms with Crippen LogP contribution in [0.25, 0.3) is 0 Å². The van der Waals surface area contributed by atoms with Crippen molar-refractivity contribution in [3.63, 3.8) is 0 Å². The molecule has 1 aromatic heterocycles. The van der Waals surface area contributed by atoms with Gasteiger partial charge in [0.25, 0.3) is 0 Å². The van der Waals surface area contributed by atoms with E-state index in [1.165, 1.54) is 25.7 Å². The molecule has 18 heavy (non-hydrogen) atoms. The van der Waals surface area contributed by atoms with Crippen LogP contribution >= 0.6 is 12.4 Å². The van der Waals surface area contributed by atoms with Crippen LogP contribution in [-0.2, 0) is 11.8 Å². The van der Waals surface area contributed by atoms with Crippen LogP contribution < -0.4 is 11.1 Å². The minimum absolute atomic E-state index is 0. The van der Waals surface area contributed by atoms with Gasteiger partial charge < -0.3 is 11.1 Å². The maximum absolute atomic E-state index is 11.8. The number of aromatic nitrogens is 2. The highest BCUT2D eigenvalue weighted by Gasteiger charge is 2.22. The second kappa shape index (κ2) is 6.75. The van der Waals surface area contributed by atoms with Crippen molar-refractivity contribution in [3.05, 3.63) is 12.4 Å². The largest absolute Gasteiger partial charge is 0.322 e. The van der Waals surface area contributed by atoms with E-state index in [-0.39, 0.29) is 18.3 Å². The van der Waals surface area contributed by atoms with Crippen molar-refractivity contribution in [2.24, 2.45) is 18.7 Å². The smallest absolute Gasteiger partial charge is 0.241 e. The predicted octanol–water partition coefficient (Wildman–Crippen LogP) is 1.69. The Morgan fingerprint density at radius 3 is 2.83 bits per heavy atom. The third-order valence-electron chi connectivity index (χ3n) is 3.37. The van der Waals surface area contributed by atoms with Gasteiger partial charge in [-0.25, -0.2) is 0 Å². The van der Waals surface area contributed by atoms with Crippen molar-refractivity contribution >= 4 is 24.0 Å². The van der Waals surface area contributed by atoms with Crippen LogP contribution in [0.1, 0.15) is 32.1 Å². The fraction of sp³-hybridized carbons (Fsp3) is 0.667. The topological polar surface area (TPSA) is 72.9 Å². The lowest BCUT2D eigenvalue weighted by Gasteiger charge is -2.15. The zero-order valence-electron chi connectivity index (χ0n) is 10.6. The van der Waals surface area contributed by atoms with Crippen molar-refractivity contribution in [1.82, 2.24) is 9.78 Å². The predicted molar refractivity (Wildman–Crippen MR) is 73.6 cm³/mol. The normalized spacial score (nSPS) is 17.2. The molecule has 1 fully saturated rings. The molecule has 6 heteroatoms. The lowest BCUT2D eigenvalue weighted by molar-refractivity contribution is -0.117. The number of anilines is 1. The summed E-state index contributed by atoms with van der Waals surface area (Å²) in [4.78, 5) is 11.8. The van der Waals surface area contributed by atoms with Crippen molar-refractivity contribution in [2.75, 3.05) is 5.32 Å². The molecule has 1 amide bonds. The third-order valence-corrected chi connectivity index (χ3v) is 3.37. The van der Waals surface area contributed by atoms with Gasteiger partial charge in [0.1, 0.15) is 0 Å². The number of amides is 1. The number of nitrogens with two attached hydrogens (primary N) is 1. The van der Waals surface area contributed by atoms with Crippen LogP contribution in [0.2, 0.25) is 0 Å². The minimum Gasteiger partial charge on any atom is -0.322 e. The molecule has 0 radical (unpaired) electrons. The fourth-order valence-corrected chi connectivity index (χ4v) is 2.43. The monoisotopic (exact) mass is 272 g/mol. The number of carbonyl (C=O) groups is 1. The summed E-state index contributed by atoms with van der Waals surface area (Å²) in [5.74, 6) is 0.523. The molecule has 0 bridgehead atoms. The van der Waals surface area contributed by atoms with Gasteiger partial charge in [-0.15, -0.1) is 12.4 Å². The lowest BCUT2D eigenvalue weighted by atomic mass is 9.98. The summed E-state index contributed by atoms with van der Waals surface area (Å²) in [6.45, 7) is 0. The van der Waals surface area contributed by atoms with E-state index in [0.29, 0.717) is 11.6 Å². The summed E-state index contributed by atoms with van der Waals surface area (Å²) in [5.41, 5.74) is 6.62. The maximum atomic E-state index is 11.8. The van der Waals surface area contributed by atoms with Gasteiger partial charge in [-0.05, 0) is 12.3 Å². The second-order valence-corrected chi connectivity index (χ2v) is 4.88. The molecule has 0 aliphatic heterocycles. The van der Waals surface area contributed by atoms with Crippen LogP contribution in [0.15, 0.2) is 12.4 Å². The van der Waals surface area contributed by atoms with Crippen LogP contribution in [0, 0.1) is 5.92 Å². The van der Waals surface area contributed by atoms with Crippen LogP contribution in [0.5, 0.6) is 0 Å². The number of hydrogen-bond acceptors (Lipinski definition) is 3. The lowest BCUT2D eigenvalue weighted by Crippen LogP contribution is -2.36. The summed E-state index contributed by atoms with van der Waals surface area (Å²) in [7, 11) is 1.81. The molecule has 3 N–H and O–H groups in total. The Morgan fingerprint density at radius 2 is 2.28 bits per heavy atom. The Balaban J connectivity index is 0.00000162. The van der Waals surface area contributed by atoms with Crippen molar-refractivity contribution in [1.29, 1.82) is 0 Å². The molecule has 1 aliphatic carbocycles. The number of nitrogens with zero attached hydrogens (tertiary/aromatic N) is 2. The number of hydrogen-bond donors (Lipinski definition) is 2. The first-order valence-corrected chi connectivity index (χ1v) is 6.20. The summed E-state index contributed by atoms with van der Waals surface area (Å²) < 4.78 is 1.65.